The Morgan fingerprint density at radius 1 is 1.44 bits per heavy atom. The molecule has 0 bridgehead atoms. The molecular weight excluding hydrogens is 231 g/mol. The van der Waals surface area contributed by atoms with Crippen LogP contribution in [0.4, 0.5) is 9.39 Å². The summed E-state index contributed by atoms with van der Waals surface area (Å²) in [5.74, 6) is -1.51. The molecule has 0 saturated carbocycles. The van der Waals surface area contributed by atoms with E-state index in [1.807, 2.05) is 0 Å². The standard InChI is InChI=1S/C10H7FN2O2S/c11-6-3-1-2-4-7(6)15-10(14)8-9(12)16-5-13-8/h1-5H,12H2. The molecule has 0 unspecified atom stereocenters. The summed E-state index contributed by atoms with van der Waals surface area (Å²) in [6.45, 7) is 0. The maximum absolute atomic E-state index is 13.2. The van der Waals surface area contributed by atoms with Gasteiger partial charge < -0.3 is 10.5 Å². The van der Waals surface area contributed by atoms with E-state index in [1.165, 1.54) is 23.7 Å². The number of thiazole rings is 1. The number of halogens is 1. The number of hydrogen-bond donors (Lipinski definition) is 1. The number of nitrogen functional groups attached to an aromatic ring is 1. The molecule has 0 aliphatic rings. The van der Waals surface area contributed by atoms with Gasteiger partial charge in [-0.15, -0.1) is 11.3 Å². The first-order valence-corrected chi connectivity index (χ1v) is 5.22. The summed E-state index contributed by atoms with van der Waals surface area (Å²) in [6.07, 6.45) is 0. The van der Waals surface area contributed by atoms with Gasteiger partial charge in [-0.05, 0) is 12.1 Å². The van der Waals surface area contributed by atoms with Gasteiger partial charge in [0.25, 0.3) is 0 Å². The second kappa shape index (κ2) is 4.28. The molecule has 0 radical (unpaired) electrons. The van der Waals surface area contributed by atoms with Crippen molar-refractivity contribution in [2.24, 2.45) is 0 Å². The van der Waals surface area contributed by atoms with Gasteiger partial charge in [-0.2, -0.15) is 0 Å². The van der Waals surface area contributed by atoms with Crippen LogP contribution in [0.15, 0.2) is 29.8 Å². The highest BCUT2D eigenvalue weighted by Gasteiger charge is 2.16. The fourth-order valence-electron chi connectivity index (χ4n) is 1.08. The molecule has 0 fully saturated rings. The molecule has 2 N–H and O–H groups in total. The second-order valence-corrected chi connectivity index (χ2v) is 3.77. The van der Waals surface area contributed by atoms with Crippen LogP contribution < -0.4 is 10.5 Å². The molecule has 82 valence electrons. The number of rotatable bonds is 2. The quantitative estimate of drug-likeness (QED) is 0.642. The van der Waals surface area contributed by atoms with E-state index in [9.17, 15) is 9.18 Å². The third kappa shape index (κ3) is 2.01. The van der Waals surface area contributed by atoms with Crippen molar-refractivity contribution < 1.29 is 13.9 Å². The van der Waals surface area contributed by atoms with Crippen LogP contribution in [-0.4, -0.2) is 11.0 Å². The van der Waals surface area contributed by atoms with Gasteiger partial charge in [0, 0.05) is 0 Å². The van der Waals surface area contributed by atoms with E-state index in [0.29, 0.717) is 0 Å². The van der Waals surface area contributed by atoms with Crippen LogP contribution in [0.3, 0.4) is 0 Å². The third-order valence-electron chi connectivity index (χ3n) is 1.83. The number of carbonyl (C=O) groups excluding carboxylic acids is 1. The summed E-state index contributed by atoms with van der Waals surface area (Å²) in [5.41, 5.74) is 6.93. The Balaban J connectivity index is 2.21. The Hall–Kier alpha value is -1.95. The zero-order chi connectivity index (χ0) is 11.5. The maximum Gasteiger partial charge on any atom is 0.365 e. The molecule has 0 aliphatic carbocycles. The largest absolute Gasteiger partial charge is 0.419 e. The summed E-state index contributed by atoms with van der Waals surface area (Å²) in [7, 11) is 0. The van der Waals surface area contributed by atoms with Crippen LogP contribution in [0.5, 0.6) is 5.75 Å². The van der Waals surface area contributed by atoms with Crippen molar-refractivity contribution in [1.29, 1.82) is 0 Å². The Bertz CT molecular complexity index is 527. The van der Waals surface area contributed by atoms with E-state index in [-0.39, 0.29) is 16.4 Å². The number of hydrogen-bond acceptors (Lipinski definition) is 5. The lowest BCUT2D eigenvalue weighted by Gasteiger charge is -2.03. The number of esters is 1. The number of benzene rings is 1. The number of ether oxygens (including phenoxy) is 1. The number of nitrogens with zero attached hydrogens (tertiary/aromatic N) is 1. The second-order valence-electron chi connectivity index (χ2n) is 2.89. The van der Waals surface area contributed by atoms with Crippen LogP contribution in [0.25, 0.3) is 0 Å². The molecule has 1 heterocycles. The molecule has 2 rings (SSSR count). The molecule has 1 aromatic heterocycles. The Labute approximate surface area is 94.5 Å². The number of carbonyl (C=O) groups is 1. The topological polar surface area (TPSA) is 65.2 Å². The van der Waals surface area contributed by atoms with Crippen molar-refractivity contribution >= 4 is 22.3 Å². The SMILES string of the molecule is Nc1scnc1C(=O)Oc1ccccc1F. The fraction of sp³-hybridized carbons (Fsp3) is 0. The van der Waals surface area contributed by atoms with E-state index < -0.39 is 11.8 Å². The van der Waals surface area contributed by atoms with Gasteiger partial charge >= 0.3 is 5.97 Å². The van der Waals surface area contributed by atoms with E-state index in [1.54, 1.807) is 6.07 Å². The van der Waals surface area contributed by atoms with Crippen molar-refractivity contribution in [2.45, 2.75) is 0 Å². The first-order chi connectivity index (χ1) is 7.68. The highest BCUT2D eigenvalue weighted by Crippen LogP contribution is 2.20. The lowest BCUT2D eigenvalue weighted by Crippen LogP contribution is -2.11. The van der Waals surface area contributed by atoms with Gasteiger partial charge in [-0.3, -0.25) is 0 Å². The summed E-state index contributed by atoms with van der Waals surface area (Å²) >= 11 is 1.12. The average Bonchev–Trinajstić information content (AvgIpc) is 2.68. The molecule has 2 aromatic rings. The minimum absolute atomic E-state index is 0.00764. The number of nitrogens with two attached hydrogens (primary N) is 1. The monoisotopic (exact) mass is 238 g/mol. The van der Waals surface area contributed by atoms with E-state index >= 15 is 0 Å². The van der Waals surface area contributed by atoms with Gasteiger partial charge in [-0.25, -0.2) is 14.2 Å². The lowest BCUT2D eigenvalue weighted by molar-refractivity contribution is 0.0723. The molecule has 1 aromatic carbocycles. The third-order valence-corrected chi connectivity index (χ3v) is 2.49. The molecule has 0 amide bonds. The van der Waals surface area contributed by atoms with Crippen molar-refractivity contribution in [3.63, 3.8) is 0 Å². The Morgan fingerprint density at radius 3 is 2.81 bits per heavy atom. The Morgan fingerprint density at radius 2 is 2.19 bits per heavy atom. The van der Waals surface area contributed by atoms with Gasteiger partial charge in [0.15, 0.2) is 17.3 Å². The summed E-state index contributed by atoms with van der Waals surface area (Å²) in [4.78, 5) is 15.3. The zero-order valence-electron chi connectivity index (χ0n) is 8.01. The van der Waals surface area contributed by atoms with Crippen LogP contribution in [0.1, 0.15) is 10.5 Å². The molecule has 0 atom stereocenters. The smallest absolute Gasteiger partial charge is 0.365 e. The van der Waals surface area contributed by atoms with Crippen molar-refractivity contribution in [3.8, 4) is 5.75 Å². The van der Waals surface area contributed by atoms with E-state index in [2.05, 4.69) is 4.98 Å². The molecule has 6 heteroatoms. The summed E-state index contributed by atoms with van der Waals surface area (Å²) in [5, 5.41) is 0.251. The lowest BCUT2D eigenvalue weighted by atomic mass is 10.3. The van der Waals surface area contributed by atoms with Crippen LogP contribution in [0, 0.1) is 5.82 Å². The molecule has 0 aliphatic heterocycles. The highest BCUT2D eigenvalue weighted by atomic mass is 32.1. The molecule has 0 saturated heterocycles. The zero-order valence-corrected chi connectivity index (χ0v) is 8.83. The predicted molar refractivity (Wildman–Crippen MR) is 57.9 cm³/mol. The molecular formula is C10H7FN2O2S. The van der Waals surface area contributed by atoms with Crippen molar-refractivity contribution in [2.75, 3.05) is 5.73 Å². The van der Waals surface area contributed by atoms with E-state index in [4.69, 9.17) is 10.5 Å². The molecule has 16 heavy (non-hydrogen) atoms. The molecule has 0 spiro atoms. The van der Waals surface area contributed by atoms with Gasteiger partial charge in [0.2, 0.25) is 0 Å². The Kier molecular flexibility index (Phi) is 2.82. The van der Waals surface area contributed by atoms with Crippen LogP contribution in [-0.2, 0) is 0 Å². The number of anilines is 1. The normalized spacial score (nSPS) is 10.1. The van der Waals surface area contributed by atoms with Crippen LogP contribution >= 0.6 is 11.3 Å². The average molecular weight is 238 g/mol. The minimum atomic E-state index is -0.760. The van der Waals surface area contributed by atoms with Crippen molar-refractivity contribution in [3.05, 3.63) is 41.3 Å². The first-order valence-electron chi connectivity index (χ1n) is 4.34. The van der Waals surface area contributed by atoms with Gasteiger partial charge in [-0.1, -0.05) is 12.1 Å². The summed E-state index contributed by atoms with van der Waals surface area (Å²) in [6, 6.07) is 5.63. The van der Waals surface area contributed by atoms with E-state index in [0.717, 1.165) is 11.3 Å². The fourth-order valence-corrected chi connectivity index (χ4v) is 1.60. The molecule has 4 nitrogen and oxygen atoms in total. The number of aromatic nitrogens is 1. The summed E-state index contributed by atoms with van der Waals surface area (Å²) < 4.78 is 18.0. The predicted octanol–water partition coefficient (Wildman–Crippen LogP) is 2.08. The van der Waals surface area contributed by atoms with Crippen LogP contribution in [0.2, 0.25) is 0 Å². The first kappa shape index (κ1) is 10.6. The minimum Gasteiger partial charge on any atom is -0.419 e. The number of para-hydroxylation sites is 1. The highest BCUT2D eigenvalue weighted by molar-refractivity contribution is 7.14. The van der Waals surface area contributed by atoms with Gasteiger partial charge in [0.1, 0.15) is 5.00 Å². The van der Waals surface area contributed by atoms with Gasteiger partial charge in [0.05, 0.1) is 5.51 Å². The van der Waals surface area contributed by atoms with Crippen molar-refractivity contribution in [1.82, 2.24) is 4.98 Å². The maximum atomic E-state index is 13.2.